The normalized spacial score (nSPS) is 27.8. The van der Waals surface area contributed by atoms with Gasteiger partial charge in [-0.2, -0.15) is 4.31 Å². The van der Waals surface area contributed by atoms with Crippen molar-refractivity contribution in [2.75, 3.05) is 6.26 Å². The molecule has 1 amide bonds. The molecule has 1 aromatic carbocycles. The van der Waals surface area contributed by atoms with Crippen LogP contribution in [0.3, 0.4) is 0 Å². The Morgan fingerprint density at radius 3 is 2.48 bits per heavy atom. The van der Waals surface area contributed by atoms with Gasteiger partial charge in [0.05, 0.1) is 12.7 Å². The van der Waals surface area contributed by atoms with Crippen molar-refractivity contribution in [3.05, 3.63) is 35.4 Å². The van der Waals surface area contributed by atoms with E-state index in [-0.39, 0.29) is 24.0 Å². The maximum atomic E-state index is 12.3. The van der Waals surface area contributed by atoms with Crippen LogP contribution < -0.4 is 5.32 Å². The SMILES string of the molecule is Cc1cccc(CC(=O)NC2C[C@H]3CC[C@@H](C2)N3S(C)(=O)=O)c1. The number of hydrogen-bond acceptors (Lipinski definition) is 3. The van der Waals surface area contributed by atoms with E-state index in [1.54, 1.807) is 4.31 Å². The van der Waals surface area contributed by atoms with Crippen molar-refractivity contribution in [2.24, 2.45) is 0 Å². The number of piperidine rings is 1. The minimum Gasteiger partial charge on any atom is -0.353 e. The highest BCUT2D eigenvalue weighted by Gasteiger charge is 2.45. The van der Waals surface area contributed by atoms with Crippen LogP contribution in [0.1, 0.15) is 36.8 Å². The van der Waals surface area contributed by atoms with E-state index < -0.39 is 10.0 Å². The highest BCUT2D eigenvalue weighted by Crippen LogP contribution is 2.37. The molecule has 2 saturated heterocycles. The van der Waals surface area contributed by atoms with Crippen LogP contribution >= 0.6 is 0 Å². The molecule has 0 aromatic heterocycles. The Hall–Kier alpha value is -1.40. The average Bonchev–Trinajstić information content (AvgIpc) is 2.71. The standard InChI is InChI=1S/C17H24N2O3S/c1-12-4-3-5-13(8-12)9-17(20)18-14-10-15-6-7-16(11-14)19(15)23(2,21)22/h3-5,8,14-16H,6-7,9-11H2,1-2H3,(H,18,20)/t14?,15-,16+. The Labute approximate surface area is 138 Å². The van der Waals surface area contributed by atoms with Gasteiger partial charge in [0.25, 0.3) is 0 Å². The number of amides is 1. The van der Waals surface area contributed by atoms with E-state index >= 15 is 0 Å². The molecule has 0 aliphatic carbocycles. The van der Waals surface area contributed by atoms with E-state index in [1.165, 1.54) is 6.26 Å². The third kappa shape index (κ3) is 3.75. The van der Waals surface area contributed by atoms with Crippen LogP contribution in [0.4, 0.5) is 0 Å². The molecule has 2 aliphatic heterocycles. The lowest BCUT2D eigenvalue weighted by atomic mass is 9.99. The number of aryl methyl sites for hydroxylation is 1. The topological polar surface area (TPSA) is 66.5 Å². The third-order valence-electron chi connectivity index (χ3n) is 4.86. The molecule has 126 valence electrons. The summed E-state index contributed by atoms with van der Waals surface area (Å²) in [6.07, 6.45) is 4.93. The monoisotopic (exact) mass is 336 g/mol. The lowest BCUT2D eigenvalue weighted by molar-refractivity contribution is -0.121. The Morgan fingerprint density at radius 2 is 1.91 bits per heavy atom. The first-order valence-corrected chi connectivity index (χ1v) is 10.0. The van der Waals surface area contributed by atoms with Gasteiger partial charge >= 0.3 is 0 Å². The fourth-order valence-corrected chi connectivity index (χ4v) is 5.55. The van der Waals surface area contributed by atoms with Crippen LogP contribution in [-0.4, -0.2) is 43.0 Å². The molecule has 2 aliphatic rings. The summed E-state index contributed by atoms with van der Waals surface area (Å²) in [6.45, 7) is 2.01. The maximum Gasteiger partial charge on any atom is 0.224 e. The molecule has 3 rings (SSSR count). The van der Waals surface area contributed by atoms with E-state index in [2.05, 4.69) is 5.32 Å². The molecule has 0 spiro atoms. The van der Waals surface area contributed by atoms with Crippen molar-refractivity contribution >= 4 is 15.9 Å². The van der Waals surface area contributed by atoms with Crippen molar-refractivity contribution in [3.63, 3.8) is 0 Å². The van der Waals surface area contributed by atoms with Crippen LogP contribution in [0, 0.1) is 6.92 Å². The Kier molecular flexibility index (Phi) is 4.47. The molecule has 5 nitrogen and oxygen atoms in total. The molecule has 1 unspecified atom stereocenters. The molecule has 0 radical (unpaired) electrons. The summed E-state index contributed by atoms with van der Waals surface area (Å²) >= 11 is 0. The lowest BCUT2D eigenvalue weighted by Crippen LogP contribution is -2.52. The molecular formula is C17H24N2O3S. The first-order chi connectivity index (χ1) is 10.8. The van der Waals surface area contributed by atoms with Crippen molar-refractivity contribution in [1.29, 1.82) is 0 Å². The van der Waals surface area contributed by atoms with Crippen LogP contribution in [0.25, 0.3) is 0 Å². The zero-order chi connectivity index (χ0) is 16.6. The minimum absolute atomic E-state index is 0.0211. The minimum atomic E-state index is -3.15. The molecule has 1 aromatic rings. The predicted molar refractivity (Wildman–Crippen MR) is 89.5 cm³/mol. The summed E-state index contributed by atoms with van der Waals surface area (Å²) in [5, 5.41) is 3.10. The molecule has 2 heterocycles. The van der Waals surface area contributed by atoms with Gasteiger partial charge in [-0.1, -0.05) is 29.8 Å². The van der Waals surface area contributed by atoms with Crippen molar-refractivity contribution in [2.45, 2.75) is 57.2 Å². The number of benzene rings is 1. The number of carbonyl (C=O) groups excluding carboxylic acids is 1. The first-order valence-electron chi connectivity index (χ1n) is 8.16. The first kappa shape index (κ1) is 16.5. The predicted octanol–water partition coefficient (Wildman–Crippen LogP) is 1.61. The average molecular weight is 336 g/mol. The highest BCUT2D eigenvalue weighted by molar-refractivity contribution is 7.88. The molecule has 0 saturated carbocycles. The van der Waals surface area contributed by atoms with Crippen molar-refractivity contribution < 1.29 is 13.2 Å². The van der Waals surface area contributed by atoms with E-state index in [1.807, 2.05) is 31.2 Å². The van der Waals surface area contributed by atoms with Crippen LogP contribution in [0.5, 0.6) is 0 Å². The number of fused-ring (bicyclic) bond motifs is 2. The summed E-state index contributed by atoms with van der Waals surface area (Å²) in [4.78, 5) is 12.3. The molecule has 1 N–H and O–H groups in total. The number of rotatable bonds is 4. The molecule has 3 atom stereocenters. The Morgan fingerprint density at radius 1 is 1.26 bits per heavy atom. The second-order valence-electron chi connectivity index (χ2n) is 6.88. The number of carbonyl (C=O) groups is 1. The van der Waals surface area contributed by atoms with E-state index in [0.717, 1.165) is 36.8 Å². The smallest absolute Gasteiger partial charge is 0.224 e. The van der Waals surface area contributed by atoms with Gasteiger partial charge in [-0.25, -0.2) is 8.42 Å². The van der Waals surface area contributed by atoms with Gasteiger partial charge in [-0.05, 0) is 38.2 Å². The fraction of sp³-hybridized carbons (Fsp3) is 0.588. The highest BCUT2D eigenvalue weighted by atomic mass is 32.2. The van der Waals surface area contributed by atoms with Crippen molar-refractivity contribution in [1.82, 2.24) is 9.62 Å². The largest absolute Gasteiger partial charge is 0.353 e. The van der Waals surface area contributed by atoms with Crippen LogP contribution in [-0.2, 0) is 21.2 Å². The Bertz CT molecular complexity index is 688. The fourth-order valence-electron chi connectivity index (χ4n) is 4.08. The molecule has 6 heteroatoms. The second-order valence-corrected chi connectivity index (χ2v) is 8.77. The van der Waals surface area contributed by atoms with E-state index in [0.29, 0.717) is 6.42 Å². The van der Waals surface area contributed by atoms with Gasteiger partial charge in [-0.3, -0.25) is 4.79 Å². The van der Waals surface area contributed by atoms with Gasteiger partial charge in [0.15, 0.2) is 0 Å². The molecule has 23 heavy (non-hydrogen) atoms. The number of nitrogens with one attached hydrogen (secondary N) is 1. The number of sulfonamides is 1. The van der Waals surface area contributed by atoms with E-state index in [4.69, 9.17) is 0 Å². The Balaban J connectivity index is 1.59. The molecule has 2 bridgehead atoms. The van der Waals surface area contributed by atoms with Gasteiger partial charge < -0.3 is 5.32 Å². The third-order valence-corrected chi connectivity index (χ3v) is 6.22. The summed E-state index contributed by atoms with van der Waals surface area (Å²) in [6, 6.07) is 8.14. The number of nitrogens with zero attached hydrogens (tertiary/aromatic N) is 1. The van der Waals surface area contributed by atoms with Gasteiger partial charge in [-0.15, -0.1) is 0 Å². The quantitative estimate of drug-likeness (QED) is 0.908. The number of hydrogen-bond donors (Lipinski definition) is 1. The van der Waals surface area contributed by atoms with Crippen LogP contribution in [0.2, 0.25) is 0 Å². The summed E-state index contributed by atoms with van der Waals surface area (Å²) in [7, 11) is -3.15. The van der Waals surface area contributed by atoms with Gasteiger partial charge in [0.1, 0.15) is 0 Å². The zero-order valence-corrected chi connectivity index (χ0v) is 14.5. The molecule has 2 fully saturated rings. The summed E-state index contributed by atoms with van der Waals surface area (Å²) in [5.74, 6) is 0.0211. The zero-order valence-electron chi connectivity index (χ0n) is 13.7. The van der Waals surface area contributed by atoms with Gasteiger partial charge in [0.2, 0.25) is 15.9 Å². The molecular weight excluding hydrogens is 312 g/mol. The van der Waals surface area contributed by atoms with Crippen molar-refractivity contribution in [3.8, 4) is 0 Å². The maximum absolute atomic E-state index is 12.3. The summed E-state index contributed by atoms with van der Waals surface area (Å²) in [5.41, 5.74) is 2.16. The second kappa shape index (κ2) is 6.24. The van der Waals surface area contributed by atoms with Crippen LogP contribution in [0.15, 0.2) is 24.3 Å². The summed E-state index contributed by atoms with van der Waals surface area (Å²) < 4.78 is 25.4. The van der Waals surface area contributed by atoms with Gasteiger partial charge in [0, 0.05) is 18.1 Å². The van der Waals surface area contributed by atoms with E-state index in [9.17, 15) is 13.2 Å². The lowest BCUT2D eigenvalue weighted by Gasteiger charge is -2.37.